The summed E-state index contributed by atoms with van der Waals surface area (Å²) in [5.74, 6) is 1.37. The topological polar surface area (TPSA) is 48.1 Å². The van der Waals surface area contributed by atoms with Gasteiger partial charge in [0, 0.05) is 5.56 Å². The zero-order valence-electron chi connectivity index (χ0n) is 13.1. The van der Waals surface area contributed by atoms with Crippen LogP contribution in [0.5, 0.6) is 11.6 Å². The van der Waals surface area contributed by atoms with Crippen molar-refractivity contribution in [2.45, 2.75) is 40.0 Å². The number of aromatic nitrogens is 1. The van der Waals surface area contributed by atoms with Crippen molar-refractivity contribution in [2.24, 2.45) is 0 Å². The Labute approximate surface area is 134 Å². The summed E-state index contributed by atoms with van der Waals surface area (Å²) in [5.41, 5.74) is 9.74. The Hall–Kier alpha value is -1.55. The molecule has 0 spiro atoms. The molecule has 2 N–H and O–H groups in total. The van der Waals surface area contributed by atoms with Crippen LogP contribution in [0.3, 0.4) is 0 Å². The Morgan fingerprint density at radius 3 is 2.48 bits per heavy atom. The van der Waals surface area contributed by atoms with E-state index < -0.39 is 0 Å². The van der Waals surface area contributed by atoms with E-state index in [-0.39, 0.29) is 5.41 Å². The monoisotopic (exact) mass is 348 g/mol. The van der Waals surface area contributed by atoms with Crippen molar-refractivity contribution >= 4 is 21.6 Å². The molecule has 1 aromatic carbocycles. The predicted molar refractivity (Wildman–Crippen MR) is 91.0 cm³/mol. The first-order valence-corrected chi connectivity index (χ1v) is 7.69. The molecule has 112 valence electrons. The number of benzene rings is 1. The highest BCUT2D eigenvalue weighted by molar-refractivity contribution is 9.10. The van der Waals surface area contributed by atoms with Crippen molar-refractivity contribution in [1.29, 1.82) is 0 Å². The van der Waals surface area contributed by atoms with Gasteiger partial charge in [0.15, 0.2) is 0 Å². The van der Waals surface area contributed by atoms with Crippen LogP contribution in [-0.2, 0) is 5.41 Å². The van der Waals surface area contributed by atoms with Crippen molar-refractivity contribution in [3.8, 4) is 11.6 Å². The first kappa shape index (κ1) is 15.8. The van der Waals surface area contributed by atoms with Crippen LogP contribution in [0.15, 0.2) is 28.9 Å². The summed E-state index contributed by atoms with van der Waals surface area (Å²) >= 11 is 3.51. The Morgan fingerprint density at radius 1 is 1.19 bits per heavy atom. The van der Waals surface area contributed by atoms with Crippen molar-refractivity contribution in [3.63, 3.8) is 0 Å². The number of anilines is 1. The van der Waals surface area contributed by atoms with Crippen LogP contribution in [0.25, 0.3) is 0 Å². The van der Waals surface area contributed by atoms with E-state index in [1.165, 1.54) is 0 Å². The first-order chi connectivity index (χ1) is 9.70. The molecule has 0 atom stereocenters. The molecule has 0 bridgehead atoms. The molecule has 0 unspecified atom stereocenters. The molecule has 2 rings (SSSR count). The SMILES string of the molecule is Cc1ccc(C(C)(C)C)c(Oc2ncc(N)c(C)c2Br)c1. The van der Waals surface area contributed by atoms with Crippen molar-refractivity contribution < 1.29 is 4.74 Å². The van der Waals surface area contributed by atoms with E-state index in [9.17, 15) is 0 Å². The summed E-state index contributed by atoms with van der Waals surface area (Å²) in [6.07, 6.45) is 1.63. The van der Waals surface area contributed by atoms with Gasteiger partial charge in [0.05, 0.1) is 16.4 Å². The second-order valence-electron chi connectivity index (χ2n) is 6.31. The van der Waals surface area contributed by atoms with E-state index in [1.807, 2.05) is 13.0 Å². The fourth-order valence-electron chi connectivity index (χ4n) is 2.08. The summed E-state index contributed by atoms with van der Waals surface area (Å²) in [6, 6.07) is 6.26. The zero-order valence-corrected chi connectivity index (χ0v) is 14.7. The minimum Gasteiger partial charge on any atom is -0.438 e. The molecule has 0 radical (unpaired) electrons. The summed E-state index contributed by atoms with van der Waals surface area (Å²) in [4.78, 5) is 4.29. The number of nitrogens with zero attached hydrogens (tertiary/aromatic N) is 1. The van der Waals surface area contributed by atoms with Gasteiger partial charge in [0.25, 0.3) is 0 Å². The maximum Gasteiger partial charge on any atom is 0.234 e. The van der Waals surface area contributed by atoms with E-state index in [1.54, 1.807) is 6.20 Å². The van der Waals surface area contributed by atoms with Gasteiger partial charge in [0.2, 0.25) is 5.88 Å². The summed E-state index contributed by atoms with van der Waals surface area (Å²) in [7, 11) is 0. The fraction of sp³-hybridized carbons (Fsp3) is 0.353. The number of rotatable bonds is 2. The molecule has 1 aromatic heterocycles. The number of nitrogens with two attached hydrogens (primary N) is 1. The fourth-order valence-corrected chi connectivity index (χ4v) is 2.49. The molecular weight excluding hydrogens is 328 g/mol. The number of hydrogen-bond acceptors (Lipinski definition) is 3. The maximum absolute atomic E-state index is 6.07. The Morgan fingerprint density at radius 2 is 1.86 bits per heavy atom. The number of nitrogen functional groups attached to an aromatic ring is 1. The average molecular weight is 349 g/mol. The second kappa shape index (κ2) is 5.68. The van der Waals surface area contributed by atoms with Gasteiger partial charge in [-0.05, 0) is 52.4 Å². The summed E-state index contributed by atoms with van der Waals surface area (Å²) in [5, 5.41) is 0. The van der Waals surface area contributed by atoms with Gasteiger partial charge < -0.3 is 10.5 Å². The van der Waals surface area contributed by atoms with Crippen LogP contribution < -0.4 is 10.5 Å². The van der Waals surface area contributed by atoms with Gasteiger partial charge in [-0.3, -0.25) is 0 Å². The first-order valence-electron chi connectivity index (χ1n) is 6.89. The van der Waals surface area contributed by atoms with Crippen LogP contribution in [0.4, 0.5) is 5.69 Å². The van der Waals surface area contributed by atoms with Crippen molar-refractivity contribution in [2.75, 3.05) is 5.73 Å². The largest absolute Gasteiger partial charge is 0.438 e. The second-order valence-corrected chi connectivity index (χ2v) is 7.10. The van der Waals surface area contributed by atoms with Gasteiger partial charge in [-0.1, -0.05) is 32.9 Å². The number of ether oxygens (including phenoxy) is 1. The highest BCUT2D eigenvalue weighted by atomic mass is 79.9. The lowest BCUT2D eigenvalue weighted by Crippen LogP contribution is -2.13. The van der Waals surface area contributed by atoms with Gasteiger partial charge in [-0.25, -0.2) is 4.98 Å². The van der Waals surface area contributed by atoms with Gasteiger partial charge in [-0.2, -0.15) is 0 Å². The summed E-state index contributed by atoms with van der Waals surface area (Å²) in [6.45, 7) is 10.5. The number of hydrogen-bond donors (Lipinski definition) is 1. The summed E-state index contributed by atoms with van der Waals surface area (Å²) < 4.78 is 6.87. The van der Waals surface area contributed by atoms with E-state index >= 15 is 0 Å². The zero-order chi connectivity index (χ0) is 15.8. The van der Waals surface area contributed by atoms with Crippen LogP contribution in [0.1, 0.15) is 37.5 Å². The van der Waals surface area contributed by atoms with Crippen LogP contribution in [0.2, 0.25) is 0 Å². The quantitative estimate of drug-likeness (QED) is 0.817. The molecule has 21 heavy (non-hydrogen) atoms. The van der Waals surface area contributed by atoms with Crippen LogP contribution >= 0.6 is 15.9 Å². The van der Waals surface area contributed by atoms with E-state index in [4.69, 9.17) is 10.5 Å². The molecule has 3 nitrogen and oxygen atoms in total. The van der Waals surface area contributed by atoms with E-state index in [0.29, 0.717) is 11.6 Å². The highest BCUT2D eigenvalue weighted by Crippen LogP contribution is 2.38. The highest BCUT2D eigenvalue weighted by Gasteiger charge is 2.20. The molecule has 0 saturated heterocycles. The maximum atomic E-state index is 6.07. The molecule has 0 amide bonds. The van der Waals surface area contributed by atoms with Gasteiger partial charge >= 0.3 is 0 Å². The van der Waals surface area contributed by atoms with Crippen LogP contribution in [-0.4, -0.2) is 4.98 Å². The lowest BCUT2D eigenvalue weighted by atomic mass is 9.86. The third kappa shape index (κ3) is 3.38. The minimum absolute atomic E-state index is 0.00162. The Kier molecular flexibility index (Phi) is 4.28. The third-order valence-corrected chi connectivity index (χ3v) is 4.36. The number of aryl methyl sites for hydroxylation is 1. The Bertz CT molecular complexity index is 675. The number of pyridine rings is 1. The van der Waals surface area contributed by atoms with E-state index in [0.717, 1.165) is 26.9 Å². The lowest BCUT2D eigenvalue weighted by Gasteiger charge is -2.23. The molecule has 0 aliphatic carbocycles. The molecule has 0 saturated carbocycles. The molecule has 0 aliphatic rings. The average Bonchev–Trinajstić information content (AvgIpc) is 2.38. The van der Waals surface area contributed by atoms with E-state index in [2.05, 4.69) is 60.7 Å². The van der Waals surface area contributed by atoms with Crippen molar-refractivity contribution in [3.05, 3.63) is 45.6 Å². The number of halogens is 1. The predicted octanol–water partition coefficient (Wildman–Crippen LogP) is 5.13. The minimum atomic E-state index is -0.00162. The van der Waals surface area contributed by atoms with Gasteiger partial charge in [-0.15, -0.1) is 0 Å². The normalized spacial score (nSPS) is 11.5. The van der Waals surface area contributed by atoms with Crippen LogP contribution in [0, 0.1) is 13.8 Å². The lowest BCUT2D eigenvalue weighted by molar-refractivity contribution is 0.436. The molecule has 4 heteroatoms. The molecule has 0 aliphatic heterocycles. The molecule has 2 aromatic rings. The standard InChI is InChI=1S/C17H21BrN2O/c1-10-6-7-12(17(3,4)5)14(8-10)21-16-15(18)11(2)13(19)9-20-16/h6-9H,19H2,1-5H3. The molecular formula is C17H21BrN2O. The smallest absolute Gasteiger partial charge is 0.234 e. The molecule has 1 heterocycles. The third-order valence-electron chi connectivity index (χ3n) is 3.42. The molecule has 0 fully saturated rings. The Balaban J connectivity index is 2.49. The van der Waals surface area contributed by atoms with Gasteiger partial charge in [0.1, 0.15) is 5.75 Å². The van der Waals surface area contributed by atoms with Crippen molar-refractivity contribution in [1.82, 2.24) is 4.98 Å².